The van der Waals surface area contributed by atoms with E-state index in [1.165, 1.54) is 0 Å². The third kappa shape index (κ3) is 3.24. The van der Waals surface area contributed by atoms with Gasteiger partial charge in [0.15, 0.2) is 0 Å². The van der Waals surface area contributed by atoms with Crippen molar-refractivity contribution in [1.29, 1.82) is 5.26 Å². The molecule has 0 unspecified atom stereocenters. The molecule has 1 aromatic rings. The highest BCUT2D eigenvalue weighted by atomic mass is 16.5. The molecule has 0 saturated carbocycles. The van der Waals surface area contributed by atoms with Crippen molar-refractivity contribution in [2.24, 2.45) is 4.99 Å². The third-order valence-corrected chi connectivity index (χ3v) is 2.64. The van der Waals surface area contributed by atoms with Crippen molar-refractivity contribution in [3.8, 4) is 11.8 Å². The summed E-state index contributed by atoms with van der Waals surface area (Å²) in [5.41, 5.74) is 1.02. The Labute approximate surface area is 109 Å². The molecular weight excluding hydrogens is 226 g/mol. The van der Waals surface area contributed by atoms with Crippen molar-refractivity contribution < 1.29 is 4.74 Å². The lowest BCUT2D eigenvalue weighted by molar-refractivity contribution is 0.415. The fourth-order valence-electron chi connectivity index (χ4n) is 1.83. The highest BCUT2D eigenvalue weighted by molar-refractivity contribution is 5.99. The van der Waals surface area contributed by atoms with Crippen LogP contribution in [0.3, 0.4) is 0 Å². The predicted octanol–water partition coefficient (Wildman–Crippen LogP) is 2.85. The molecule has 0 N–H and O–H groups in total. The van der Waals surface area contributed by atoms with E-state index in [1.54, 1.807) is 14.2 Å². The van der Waals surface area contributed by atoms with Gasteiger partial charge in [0, 0.05) is 18.8 Å². The Morgan fingerprint density at radius 3 is 2.39 bits per heavy atom. The van der Waals surface area contributed by atoms with Crippen molar-refractivity contribution in [2.75, 3.05) is 19.1 Å². The number of benzene rings is 1. The van der Waals surface area contributed by atoms with E-state index in [-0.39, 0.29) is 6.04 Å². The first-order valence-corrected chi connectivity index (χ1v) is 5.90. The van der Waals surface area contributed by atoms with Gasteiger partial charge in [-0.1, -0.05) is 0 Å². The molecule has 1 rings (SSSR count). The molecule has 0 radical (unpaired) electrons. The summed E-state index contributed by atoms with van der Waals surface area (Å²) in [6, 6.07) is 10.2. The number of nitriles is 1. The molecule has 1 aromatic carbocycles. The molecule has 0 fully saturated rings. The number of aliphatic imine (C=N–C) groups is 1. The summed E-state index contributed by atoms with van der Waals surface area (Å²) in [7, 11) is 3.36. The van der Waals surface area contributed by atoms with E-state index in [1.807, 2.05) is 24.3 Å². The lowest BCUT2D eigenvalue weighted by Gasteiger charge is -2.29. The van der Waals surface area contributed by atoms with Gasteiger partial charge in [0.1, 0.15) is 11.6 Å². The minimum atomic E-state index is 0.241. The maximum atomic E-state index is 8.85. The number of hydrogen-bond acceptors (Lipinski definition) is 3. The zero-order valence-electron chi connectivity index (χ0n) is 11.3. The Hall–Kier alpha value is -2.02. The van der Waals surface area contributed by atoms with E-state index in [4.69, 9.17) is 10.00 Å². The lowest BCUT2D eigenvalue weighted by Crippen LogP contribution is -2.36. The number of methoxy groups -OCH3 is 1. The third-order valence-electron chi connectivity index (χ3n) is 2.64. The molecule has 4 heteroatoms. The zero-order chi connectivity index (χ0) is 13.5. The van der Waals surface area contributed by atoms with Gasteiger partial charge in [0.25, 0.3) is 0 Å². The highest BCUT2D eigenvalue weighted by Crippen LogP contribution is 2.22. The quantitative estimate of drug-likeness (QED) is 0.605. The van der Waals surface area contributed by atoms with E-state index in [0.29, 0.717) is 6.42 Å². The first-order valence-electron chi connectivity index (χ1n) is 5.90. The Morgan fingerprint density at radius 1 is 1.39 bits per heavy atom. The molecule has 0 aliphatic heterocycles. The van der Waals surface area contributed by atoms with Crippen molar-refractivity contribution in [2.45, 2.75) is 26.3 Å². The minimum Gasteiger partial charge on any atom is -0.497 e. The van der Waals surface area contributed by atoms with E-state index in [0.717, 1.165) is 17.3 Å². The molecule has 0 saturated heterocycles. The molecule has 0 aliphatic carbocycles. The first-order chi connectivity index (χ1) is 8.63. The van der Waals surface area contributed by atoms with Crippen LogP contribution in [-0.4, -0.2) is 26.0 Å². The molecule has 0 atom stereocenters. The van der Waals surface area contributed by atoms with Crippen LogP contribution in [0, 0.1) is 11.3 Å². The van der Waals surface area contributed by atoms with Gasteiger partial charge in [-0.15, -0.1) is 0 Å². The van der Waals surface area contributed by atoms with Gasteiger partial charge in [-0.05, 0) is 38.1 Å². The molecule has 96 valence electrons. The second-order valence-electron chi connectivity index (χ2n) is 4.14. The number of amidine groups is 1. The Morgan fingerprint density at radius 2 is 2.00 bits per heavy atom. The normalized spacial score (nSPS) is 11.2. The molecule has 0 bridgehead atoms. The number of rotatable bonds is 4. The number of ether oxygens (including phenoxy) is 1. The number of hydrogen-bond donors (Lipinski definition) is 0. The maximum Gasteiger partial charge on any atom is 0.119 e. The van der Waals surface area contributed by atoms with E-state index < -0.39 is 0 Å². The van der Waals surface area contributed by atoms with Crippen LogP contribution in [0.25, 0.3) is 0 Å². The molecule has 0 amide bonds. The van der Waals surface area contributed by atoms with Crippen molar-refractivity contribution >= 4 is 11.5 Å². The maximum absolute atomic E-state index is 8.85. The van der Waals surface area contributed by atoms with Crippen LogP contribution in [0.4, 0.5) is 5.69 Å². The summed E-state index contributed by atoms with van der Waals surface area (Å²) in [6.07, 6.45) is 0.306. The molecule has 0 heterocycles. The molecular formula is C14H19N3O. The van der Waals surface area contributed by atoms with Crippen LogP contribution in [0.5, 0.6) is 5.75 Å². The SMILES string of the molecule is C/N=C(/CC#N)N(c1ccc(OC)cc1)C(C)C. The summed E-state index contributed by atoms with van der Waals surface area (Å²) in [6.45, 7) is 4.15. The smallest absolute Gasteiger partial charge is 0.119 e. The molecule has 0 spiro atoms. The molecule has 0 aromatic heterocycles. The van der Waals surface area contributed by atoms with Gasteiger partial charge in [0.2, 0.25) is 0 Å². The summed E-state index contributed by atoms with van der Waals surface area (Å²) < 4.78 is 5.14. The average Bonchev–Trinajstić information content (AvgIpc) is 2.38. The van der Waals surface area contributed by atoms with Crippen molar-refractivity contribution in [3.63, 3.8) is 0 Å². The topological polar surface area (TPSA) is 48.6 Å². The fourth-order valence-corrected chi connectivity index (χ4v) is 1.83. The van der Waals surface area contributed by atoms with Crippen molar-refractivity contribution in [3.05, 3.63) is 24.3 Å². The average molecular weight is 245 g/mol. The lowest BCUT2D eigenvalue weighted by atomic mass is 10.2. The van der Waals surface area contributed by atoms with Gasteiger partial charge < -0.3 is 9.64 Å². The van der Waals surface area contributed by atoms with Crippen LogP contribution in [-0.2, 0) is 0 Å². The summed E-state index contributed by atoms with van der Waals surface area (Å²) in [5.74, 6) is 1.59. The van der Waals surface area contributed by atoms with E-state index in [9.17, 15) is 0 Å². The second kappa shape index (κ2) is 6.65. The second-order valence-corrected chi connectivity index (χ2v) is 4.14. The Kier molecular flexibility index (Phi) is 5.19. The predicted molar refractivity (Wildman–Crippen MR) is 74.2 cm³/mol. The van der Waals surface area contributed by atoms with Gasteiger partial charge in [-0.25, -0.2) is 0 Å². The van der Waals surface area contributed by atoms with Crippen molar-refractivity contribution in [1.82, 2.24) is 0 Å². The van der Waals surface area contributed by atoms with Crippen LogP contribution < -0.4 is 9.64 Å². The van der Waals surface area contributed by atoms with Crippen LogP contribution >= 0.6 is 0 Å². The highest BCUT2D eigenvalue weighted by Gasteiger charge is 2.16. The summed E-state index contributed by atoms with van der Waals surface area (Å²) in [4.78, 5) is 6.27. The molecule has 4 nitrogen and oxygen atoms in total. The van der Waals surface area contributed by atoms with Crippen LogP contribution in [0.2, 0.25) is 0 Å². The summed E-state index contributed by atoms with van der Waals surface area (Å²) in [5, 5.41) is 8.85. The largest absolute Gasteiger partial charge is 0.497 e. The van der Waals surface area contributed by atoms with Gasteiger partial charge in [-0.3, -0.25) is 4.99 Å². The van der Waals surface area contributed by atoms with E-state index in [2.05, 4.69) is 29.8 Å². The Bertz CT molecular complexity index is 443. The standard InChI is InChI=1S/C14H19N3O/c1-11(2)17(14(16-3)9-10-15)12-5-7-13(18-4)8-6-12/h5-8,11H,9H2,1-4H3/b16-14-. The number of nitrogens with zero attached hydrogens (tertiary/aromatic N) is 3. The van der Waals surface area contributed by atoms with E-state index >= 15 is 0 Å². The fraction of sp³-hybridized carbons (Fsp3) is 0.429. The van der Waals surface area contributed by atoms with Crippen LogP contribution in [0.15, 0.2) is 29.3 Å². The van der Waals surface area contributed by atoms with Crippen LogP contribution in [0.1, 0.15) is 20.3 Å². The van der Waals surface area contributed by atoms with Gasteiger partial charge in [-0.2, -0.15) is 5.26 Å². The summed E-state index contributed by atoms with van der Waals surface area (Å²) >= 11 is 0. The zero-order valence-corrected chi connectivity index (χ0v) is 11.3. The first kappa shape index (κ1) is 14.0. The molecule has 18 heavy (non-hydrogen) atoms. The minimum absolute atomic E-state index is 0.241. The van der Waals surface area contributed by atoms with Gasteiger partial charge in [0.05, 0.1) is 19.6 Å². The monoisotopic (exact) mass is 245 g/mol. The molecule has 0 aliphatic rings. The number of anilines is 1. The Balaban J connectivity index is 3.08. The van der Waals surface area contributed by atoms with Gasteiger partial charge >= 0.3 is 0 Å².